The normalized spacial score (nSPS) is 20.6. The zero-order chi connectivity index (χ0) is 13.3. The molecule has 1 heterocycles. The second kappa shape index (κ2) is 4.63. The van der Waals surface area contributed by atoms with Gasteiger partial charge in [-0.05, 0) is 24.1 Å². The third-order valence-corrected chi connectivity index (χ3v) is 3.27. The second-order valence-corrected chi connectivity index (χ2v) is 4.53. The largest absolute Gasteiger partial charge is 0.416 e. The molecule has 0 spiro atoms. The van der Waals surface area contributed by atoms with Gasteiger partial charge in [-0.2, -0.15) is 13.2 Å². The molecule has 1 aliphatic rings. The molecule has 0 aliphatic carbocycles. The van der Waals surface area contributed by atoms with E-state index in [1.54, 1.807) is 6.07 Å². The third-order valence-electron chi connectivity index (χ3n) is 3.27. The third kappa shape index (κ3) is 2.49. The van der Waals surface area contributed by atoms with E-state index in [4.69, 9.17) is 0 Å². The lowest BCUT2D eigenvalue weighted by atomic mass is 10.1. The van der Waals surface area contributed by atoms with Crippen molar-refractivity contribution in [3.63, 3.8) is 0 Å². The number of alkyl halides is 3. The zero-order valence-electron chi connectivity index (χ0n) is 10.00. The molecule has 1 aromatic rings. The van der Waals surface area contributed by atoms with Crippen LogP contribution >= 0.6 is 0 Å². The molecule has 1 aromatic carbocycles. The Hall–Kier alpha value is -1.52. The number of amides is 1. The van der Waals surface area contributed by atoms with Gasteiger partial charge in [0.05, 0.1) is 5.56 Å². The lowest BCUT2D eigenvalue weighted by Crippen LogP contribution is -2.24. The molecule has 1 unspecified atom stereocenters. The van der Waals surface area contributed by atoms with Gasteiger partial charge in [0.15, 0.2) is 0 Å². The van der Waals surface area contributed by atoms with Gasteiger partial charge >= 0.3 is 6.18 Å². The first-order chi connectivity index (χ1) is 8.41. The first kappa shape index (κ1) is 12.9. The average Bonchev–Trinajstić information content (AvgIpc) is 2.70. The summed E-state index contributed by atoms with van der Waals surface area (Å²) in [5.74, 6) is 0.146. The molecule has 2 nitrogen and oxygen atoms in total. The summed E-state index contributed by atoms with van der Waals surface area (Å²) in [7, 11) is 0. The minimum Gasteiger partial charge on any atom is -0.312 e. The molecule has 1 aliphatic heterocycles. The van der Waals surface area contributed by atoms with Gasteiger partial charge in [0.2, 0.25) is 5.91 Å². The van der Waals surface area contributed by atoms with Crippen molar-refractivity contribution in [3.05, 3.63) is 29.8 Å². The standard InChI is InChI=1S/C13H14F3NO/c1-2-9-6-12(18)17(8-9)11-5-3-4-10(7-11)13(14,15)16/h3-5,7,9H,2,6,8H2,1H3. The molecule has 1 amide bonds. The van der Waals surface area contributed by atoms with E-state index in [1.165, 1.54) is 11.0 Å². The van der Waals surface area contributed by atoms with Crippen molar-refractivity contribution in [1.29, 1.82) is 0 Å². The van der Waals surface area contributed by atoms with Crippen LogP contribution in [0.2, 0.25) is 0 Å². The lowest BCUT2D eigenvalue weighted by Gasteiger charge is -2.18. The fraction of sp³-hybridized carbons (Fsp3) is 0.462. The van der Waals surface area contributed by atoms with E-state index in [-0.39, 0.29) is 11.8 Å². The quantitative estimate of drug-likeness (QED) is 0.794. The van der Waals surface area contributed by atoms with Gasteiger partial charge in [0.25, 0.3) is 0 Å². The maximum atomic E-state index is 12.6. The summed E-state index contributed by atoms with van der Waals surface area (Å²) in [6.07, 6.45) is -3.09. The molecule has 5 heteroatoms. The molecule has 0 bridgehead atoms. The smallest absolute Gasteiger partial charge is 0.312 e. The van der Waals surface area contributed by atoms with Crippen molar-refractivity contribution in [3.8, 4) is 0 Å². The van der Waals surface area contributed by atoms with Crippen molar-refractivity contribution in [2.75, 3.05) is 11.4 Å². The van der Waals surface area contributed by atoms with E-state index < -0.39 is 11.7 Å². The Kier molecular flexibility index (Phi) is 3.32. The van der Waals surface area contributed by atoms with Crippen LogP contribution in [0.3, 0.4) is 0 Å². The summed E-state index contributed by atoms with van der Waals surface area (Å²) < 4.78 is 37.8. The first-order valence-corrected chi connectivity index (χ1v) is 5.89. The van der Waals surface area contributed by atoms with Crippen LogP contribution in [-0.2, 0) is 11.0 Å². The highest BCUT2D eigenvalue weighted by Gasteiger charge is 2.33. The Labute approximate surface area is 103 Å². The minimum atomic E-state index is -4.37. The summed E-state index contributed by atoms with van der Waals surface area (Å²) in [6.45, 7) is 2.49. The summed E-state index contributed by atoms with van der Waals surface area (Å²) in [5, 5.41) is 0. The van der Waals surface area contributed by atoms with E-state index in [0.717, 1.165) is 18.6 Å². The van der Waals surface area contributed by atoms with Crippen molar-refractivity contribution < 1.29 is 18.0 Å². The molecule has 0 radical (unpaired) electrons. The van der Waals surface area contributed by atoms with Gasteiger partial charge in [-0.15, -0.1) is 0 Å². The molecule has 0 N–H and O–H groups in total. The van der Waals surface area contributed by atoms with Gasteiger partial charge in [-0.25, -0.2) is 0 Å². The van der Waals surface area contributed by atoms with Crippen LogP contribution in [0.25, 0.3) is 0 Å². The number of carbonyl (C=O) groups excluding carboxylic acids is 1. The van der Waals surface area contributed by atoms with Crippen LogP contribution in [0.15, 0.2) is 24.3 Å². The first-order valence-electron chi connectivity index (χ1n) is 5.89. The van der Waals surface area contributed by atoms with E-state index in [1.807, 2.05) is 6.92 Å². The van der Waals surface area contributed by atoms with Crippen LogP contribution in [-0.4, -0.2) is 12.5 Å². The summed E-state index contributed by atoms with van der Waals surface area (Å²) >= 11 is 0. The minimum absolute atomic E-state index is 0.0961. The van der Waals surface area contributed by atoms with Gasteiger partial charge in [-0.1, -0.05) is 19.4 Å². The number of anilines is 1. The maximum Gasteiger partial charge on any atom is 0.416 e. The Morgan fingerprint density at radius 2 is 2.11 bits per heavy atom. The highest BCUT2D eigenvalue weighted by molar-refractivity contribution is 5.95. The number of hydrogen-bond acceptors (Lipinski definition) is 1. The Bertz CT molecular complexity index is 456. The molecular weight excluding hydrogens is 243 g/mol. The van der Waals surface area contributed by atoms with E-state index in [0.29, 0.717) is 18.7 Å². The van der Waals surface area contributed by atoms with Crippen LogP contribution in [0.4, 0.5) is 18.9 Å². The number of rotatable bonds is 2. The molecule has 18 heavy (non-hydrogen) atoms. The second-order valence-electron chi connectivity index (χ2n) is 4.53. The van der Waals surface area contributed by atoms with Crippen molar-refractivity contribution in [1.82, 2.24) is 0 Å². The number of halogens is 3. The van der Waals surface area contributed by atoms with Crippen molar-refractivity contribution in [2.24, 2.45) is 5.92 Å². The molecule has 0 aromatic heterocycles. The van der Waals surface area contributed by atoms with E-state index >= 15 is 0 Å². The molecule has 1 fully saturated rings. The zero-order valence-corrected chi connectivity index (χ0v) is 10.00. The maximum absolute atomic E-state index is 12.6. The predicted molar refractivity (Wildman–Crippen MR) is 62.2 cm³/mol. The van der Waals surface area contributed by atoms with Gasteiger partial charge in [-0.3, -0.25) is 4.79 Å². The SMILES string of the molecule is CCC1CC(=O)N(c2cccc(C(F)(F)F)c2)C1. The fourth-order valence-electron chi connectivity index (χ4n) is 2.15. The lowest BCUT2D eigenvalue weighted by molar-refractivity contribution is -0.137. The van der Waals surface area contributed by atoms with E-state index in [2.05, 4.69) is 0 Å². The van der Waals surface area contributed by atoms with E-state index in [9.17, 15) is 18.0 Å². The fourth-order valence-corrected chi connectivity index (χ4v) is 2.15. The molecule has 2 rings (SSSR count). The molecule has 1 atom stereocenters. The highest BCUT2D eigenvalue weighted by atomic mass is 19.4. The average molecular weight is 257 g/mol. The Balaban J connectivity index is 2.27. The Morgan fingerprint density at radius 3 is 2.67 bits per heavy atom. The van der Waals surface area contributed by atoms with Gasteiger partial charge in [0.1, 0.15) is 0 Å². The van der Waals surface area contributed by atoms with Crippen LogP contribution in [0.5, 0.6) is 0 Å². The molecular formula is C13H14F3NO. The van der Waals surface area contributed by atoms with Crippen LogP contribution < -0.4 is 4.90 Å². The van der Waals surface area contributed by atoms with Gasteiger partial charge < -0.3 is 4.90 Å². The number of nitrogens with zero attached hydrogens (tertiary/aromatic N) is 1. The predicted octanol–water partition coefficient (Wildman–Crippen LogP) is 3.47. The highest BCUT2D eigenvalue weighted by Crippen LogP contribution is 2.33. The molecule has 98 valence electrons. The van der Waals surface area contributed by atoms with Crippen molar-refractivity contribution >= 4 is 11.6 Å². The number of benzene rings is 1. The topological polar surface area (TPSA) is 20.3 Å². The Morgan fingerprint density at radius 1 is 1.39 bits per heavy atom. The summed E-state index contributed by atoms with van der Waals surface area (Å²) in [4.78, 5) is 13.2. The summed E-state index contributed by atoms with van der Waals surface area (Å²) in [6, 6.07) is 4.94. The monoisotopic (exact) mass is 257 g/mol. The number of carbonyl (C=O) groups is 1. The van der Waals surface area contributed by atoms with Crippen LogP contribution in [0.1, 0.15) is 25.3 Å². The number of hydrogen-bond donors (Lipinski definition) is 0. The summed E-state index contributed by atoms with van der Waals surface area (Å²) in [5.41, 5.74) is -0.376. The molecule has 0 saturated carbocycles. The van der Waals surface area contributed by atoms with Gasteiger partial charge in [0, 0.05) is 18.7 Å². The molecule has 1 saturated heterocycles. The van der Waals surface area contributed by atoms with Crippen LogP contribution in [0, 0.1) is 5.92 Å². The van der Waals surface area contributed by atoms with Crippen molar-refractivity contribution in [2.45, 2.75) is 25.9 Å².